The van der Waals surface area contributed by atoms with Gasteiger partial charge in [0.25, 0.3) is 0 Å². The molecule has 0 aliphatic heterocycles. The molecule has 0 radical (unpaired) electrons. The molecule has 0 saturated heterocycles. The SMILES string of the molecule is CCCCCCCCC1CCC(N[P+](=O)C2CCCCC2)CC1. The second kappa shape index (κ2) is 11.6. The Labute approximate surface area is 145 Å². The van der Waals surface area contributed by atoms with Crippen molar-refractivity contribution in [3.8, 4) is 0 Å². The molecule has 2 nitrogen and oxygen atoms in total. The second-order valence-electron chi connectivity index (χ2n) is 8.02. The molecular weight excluding hydrogens is 301 g/mol. The minimum atomic E-state index is -1.16. The quantitative estimate of drug-likeness (QED) is 0.344. The lowest BCUT2D eigenvalue weighted by Crippen LogP contribution is -2.30. The van der Waals surface area contributed by atoms with E-state index in [0.717, 1.165) is 5.92 Å². The summed E-state index contributed by atoms with van der Waals surface area (Å²) in [4.78, 5) is 0. The fourth-order valence-electron chi connectivity index (χ4n) is 4.39. The molecule has 0 bridgehead atoms. The molecule has 0 heterocycles. The van der Waals surface area contributed by atoms with Gasteiger partial charge in [0.05, 0.1) is 6.04 Å². The standard InChI is InChI=1S/C20H39NOP/c1-2-3-4-5-6-8-11-18-14-16-19(17-15-18)21-23(22)20-12-9-7-10-13-20/h18-20H,2-17H2,1H3,(H,21,22)/q+1. The van der Waals surface area contributed by atoms with E-state index in [1.165, 1.54) is 103 Å². The van der Waals surface area contributed by atoms with Crippen molar-refractivity contribution in [2.45, 2.75) is 121 Å². The molecule has 2 saturated carbocycles. The van der Waals surface area contributed by atoms with E-state index in [2.05, 4.69) is 12.0 Å². The van der Waals surface area contributed by atoms with Gasteiger partial charge in [-0.15, -0.1) is 5.09 Å². The van der Waals surface area contributed by atoms with Crippen molar-refractivity contribution < 1.29 is 4.57 Å². The minimum absolute atomic E-state index is 0.472. The summed E-state index contributed by atoms with van der Waals surface area (Å²) in [5.41, 5.74) is 0.472. The number of nitrogens with one attached hydrogen (secondary N) is 1. The number of unbranched alkanes of at least 4 members (excludes halogenated alkanes) is 5. The second-order valence-corrected chi connectivity index (χ2v) is 9.66. The Morgan fingerprint density at radius 3 is 2.17 bits per heavy atom. The van der Waals surface area contributed by atoms with Gasteiger partial charge in [-0.2, -0.15) is 0 Å². The zero-order valence-electron chi connectivity index (χ0n) is 15.4. The highest BCUT2D eigenvalue weighted by Crippen LogP contribution is 2.38. The van der Waals surface area contributed by atoms with Crippen LogP contribution >= 0.6 is 7.95 Å². The summed E-state index contributed by atoms with van der Waals surface area (Å²) in [6.07, 6.45) is 21.5. The molecule has 2 aliphatic carbocycles. The summed E-state index contributed by atoms with van der Waals surface area (Å²) in [5, 5.41) is 3.51. The van der Waals surface area contributed by atoms with E-state index in [9.17, 15) is 4.57 Å². The third-order valence-electron chi connectivity index (χ3n) is 6.03. The third-order valence-corrected chi connectivity index (χ3v) is 7.83. The summed E-state index contributed by atoms with van der Waals surface area (Å²) < 4.78 is 12.5. The van der Waals surface area contributed by atoms with Crippen LogP contribution in [0.1, 0.15) is 110 Å². The Kier molecular flexibility index (Phi) is 9.77. The van der Waals surface area contributed by atoms with Gasteiger partial charge in [-0.25, -0.2) is 0 Å². The largest absolute Gasteiger partial charge is 0.435 e. The molecule has 0 aromatic carbocycles. The van der Waals surface area contributed by atoms with Crippen molar-refractivity contribution in [3.63, 3.8) is 0 Å². The topological polar surface area (TPSA) is 29.1 Å². The van der Waals surface area contributed by atoms with Crippen molar-refractivity contribution in [2.75, 3.05) is 0 Å². The molecule has 1 unspecified atom stereocenters. The van der Waals surface area contributed by atoms with Crippen LogP contribution in [0.25, 0.3) is 0 Å². The zero-order chi connectivity index (χ0) is 16.3. The first-order valence-electron chi connectivity index (χ1n) is 10.5. The molecule has 3 heteroatoms. The van der Waals surface area contributed by atoms with E-state index < -0.39 is 7.95 Å². The Hall–Kier alpha value is 0.0600. The van der Waals surface area contributed by atoms with Crippen molar-refractivity contribution >= 4 is 7.95 Å². The first kappa shape index (κ1) is 19.4. The van der Waals surface area contributed by atoms with Crippen LogP contribution in [0.15, 0.2) is 0 Å². The van der Waals surface area contributed by atoms with Crippen LogP contribution in [0.3, 0.4) is 0 Å². The summed E-state index contributed by atoms with van der Waals surface area (Å²) in [6.45, 7) is 2.29. The van der Waals surface area contributed by atoms with Gasteiger partial charge in [0, 0.05) is 0 Å². The molecule has 1 N–H and O–H groups in total. The molecule has 1 atom stereocenters. The van der Waals surface area contributed by atoms with Crippen LogP contribution in [-0.2, 0) is 4.57 Å². The van der Waals surface area contributed by atoms with Crippen LogP contribution in [0.2, 0.25) is 0 Å². The highest BCUT2D eigenvalue weighted by molar-refractivity contribution is 7.43. The van der Waals surface area contributed by atoms with Gasteiger partial charge in [0.1, 0.15) is 0 Å². The van der Waals surface area contributed by atoms with Crippen LogP contribution in [0, 0.1) is 5.92 Å². The van der Waals surface area contributed by atoms with Crippen molar-refractivity contribution in [1.29, 1.82) is 0 Å². The molecule has 2 fully saturated rings. The Morgan fingerprint density at radius 2 is 1.48 bits per heavy atom. The van der Waals surface area contributed by atoms with E-state index >= 15 is 0 Å². The average Bonchev–Trinajstić information content (AvgIpc) is 2.60. The summed E-state index contributed by atoms with van der Waals surface area (Å²) in [6, 6.07) is 0.543. The lowest BCUT2D eigenvalue weighted by Gasteiger charge is -2.27. The van der Waals surface area contributed by atoms with Crippen molar-refractivity contribution in [3.05, 3.63) is 0 Å². The van der Waals surface area contributed by atoms with Crippen LogP contribution in [0.5, 0.6) is 0 Å². The smallest absolute Gasteiger partial charge is 0.106 e. The first-order chi connectivity index (χ1) is 11.3. The van der Waals surface area contributed by atoms with E-state index in [4.69, 9.17) is 0 Å². The van der Waals surface area contributed by atoms with E-state index in [1.54, 1.807) is 0 Å². The Bertz CT molecular complexity index is 320. The highest BCUT2D eigenvalue weighted by atomic mass is 31.1. The maximum absolute atomic E-state index is 12.5. The van der Waals surface area contributed by atoms with Gasteiger partial charge in [-0.05, 0) is 57.3 Å². The summed E-state index contributed by atoms with van der Waals surface area (Å²) in [7, 11) is -1.16. The Morgan fingerprint density at radius 1 is 0.826 bits per heavy atom. The highest BCUT2D eigenvalue weighted by Gasteiger charge is 2.35. The molecule has 0 spiro atoms. The van der Waals surface area contributed by atoms with Gasteiger partial charge < -0.3 is 0 Å². The molecule has 23 heavy (non-hydrogen) atoms. The molecule has 2 rings (SSSR count). The summed E-state index contributed by atoms with van der Waals surface area (Å²) >= 11 is 0. The lowest BCUT2D eigenvalue weighted by molar-refractivity contribution is 0.291. The van der Waals surface area contributed by atoms with Crippen LogP contribution in [0.4, 0.5) is 0 Å². The maximum Gasteiger partial charge on any atom is 0.435 e. The molecule has 0 aromatic rings. The van der Waals surface area contributed by atoms with Gasteiger partial charge in [-0.3, -0.25) is 0 Å². The van der Waals surface area contributed by atoms with Gasteiger partial charge >= 0.3 is 7.95 Å². The van der Waals surface area contributed by atoms with Crippen LogP contribution in [-0.4, -0.2) is 11.7 Å². The van der Waals surface area contributed by atoms with E-state index in [0.29, 0.717) is 11.7 Å². The fraction of sp³-hybridized carbons (Fsp3) is 1.00. The first-order valence-corrected chi connectivity index (χ1v) is 11.8. The molecule has 0 aromatic heterocycles. The molecule has 2 aliphatic rings. The van der Waals surface area contributed by atoms with Crippen LogP contribution < -0.4 is 5.09 Å². The predicted molar refractivity (Wildman–Crippen MR) is 101 cm³/mol. The maximum atomic E-state index is 12.5. The molecular formula is C20H39NOP+. The van der Waals surface area contributed by atoms with E-state index in [-0.39, 0.29) is 0 Å². The Balaban J connectivity index is 1.52. The van der Waals surface area contributed by atoms with Crippen molar-refractivity contribution in [1.82, 2.24) is 5.09 Å². The van der Waals surface area contributed by atoms with E-state index in [1.807, 2.05) is 0 Å². The average molecular weight is 341 g/mol. The zero-order valence-corrected chi connectivity index (χ0v) is 16.3. The number of hydrogen-bond acceptors (Lipinski definition) is 1. The van der Waals surface area contributed by atoms with Crippen molar-refractivity contribution in [2.24, 2.45) is 5.92 Å². The normalized spacial score (nSPS) is 27.1. The molecule has 134 valence electrons. The monoisotopic (exact) mass is 340 g/mol. The van der Waals surface area contributed by atoms with Gasteiger partial charge in [0.2, 0.25) is 0 Å². The molecule has 0 amide bonds. The third kappa shape index (κ3) is 7.65. The predicted octanol–water partition coefficient (Wildman–Crippen LogP) is 6.96. The lowest BCUT2D eigenvalue weighted by atomic mass is 9.83. The van der Waals surface area contributed by atoms with Gasteiger partial charge in [-0.1, -0.05) is 62.9 Å². The fourth-order valence-corrected chi connectivity index (χ4v) is 6.06. The summed E-state index contributed by atoms with van der Waals surface area (Å²) in [5.74, 6) is 0.951. The minimum Gasteiger partial charge on any atom is -0.106 e. The van der Waals surface area contributed by atoms with Gasteiger partial charge in [0.15, 0.2) is 5.66 Å². The number of hydrogen-bond donors (Lipinski definition) is 1. The number of rotatable bonds is 10.